The molecule has 2 saturated heterocycles. The van der Waals surface area contributed by atoms with Crippen LogP contribution in [0.15, 0.2) is 42.5 Å². The van der Waals surface area contributed by atoms with Crippen LogP contribution >= 0.6 is 0 Å². The van der Waals surface area contributed by atoms with E-state index in [4.69, 9.17) is 0 Å². The number of piperazine rings is 1. The lowest BCUT2D eigenvalue weighted by molar-refractivity contribution is -0.122. The number of hydrogen-bond acceptors (Lipinski definition) is 5. The van der Waals surface area contributed by atoms with Gasteiger partial charge in [0.05, 0.1) is 11.4 Å². The van der Waals surface area contributed by atoms with Crippen molar-refractivity contribution in [3.63, 3.8) is 0 Å². The molecule has 0 atom stereocenters. The minimum atomic E-state index is -0.426. The molecular formula is C28H34FN5O3. The summed E-state index contributed by atoms with van der Waals surface area (Å²) in [6, 6.07) is 11.3. The number of carbonyl (C=O) groups is 3. The number of benzene rings is 2. The summed E-state index contributed by atoms with van der Waals surface area (Å²) in [5.41, 5.74) is 2.40. The first kappa shape index (κ1) is 25.2. The normalized spacial score (nSPS) is 18.7. The molecule has 0 bridgehead atoms. The Morgan fingerprint density at radius 2 is 1.54 bits per heavy atom. The summed E-state index contributed by atoms with van der Waals surface area (Å²) >= 11 is 0. The highest BCUT2D eigenvalue weighted by atomic mass is 19.1. The summed E-state index contributed by atoms with van der Waals surface area (Å²) < 4.78 is 13.7. The summed E-state index contributed by atoms with van der Waals surface area (Å²) in [5, 5.41) is 6.37. The van der Waals surface area contributed by atoms with Crippen LogP contribution in [0.3, 0.4) is 0 Å². The minimum Gasteiger partial charge on any atom is -0.368 e. The molecule has 1 aliphatic carbocycles. The van der Waals surface area contributed by atoms with Gasteiger partial charge in [0.1, 0.15) is 5.82 Å². The molecule has 2 heterocycles. The Morgan fingerprint density at radius 3 is 2.24 bits per heavy atom. The second-order valence-corrected chi connectivity index (χ2v) is 10.0. The molecule has 3 amide bonds. The number of carbonyl (C=O) groups excluding carboxylic acids is 3. The van der Waals surface area contributed by atoms with Crippen molar-refractivity contribution in [2.45, 2.75) is 25.7 Å². The van der Waals surface area contributed by atoms with E-state index in [1.165, 1.54) is 12.1 Å². The maximum absolute atomic E-state index is 13.7. The maximum atomic E-state index is 13.7. The zero-order valence-electron chi connectivity index (χ0n) is 21.0. The van der Waals surface area contributed by atoms with E-state index in [-0.39, 0.29) is 23.6 Å². The van der Waals surface area contributed by atoms with Crippen LogP contribution in [-0.4, -0.2) is 79.9 Å². The number of anilines is 2. The quantitative estimate of drug-likeness (QED) is 0.650. The second kappa shape index (κ2) is 11.3. The van der Waals surface area contributed by atoms with Gasteiger partial charge in [0.25, 0.3) is 11.8 Å². The molecule has 3 fully saturated rings. The summed E-state index contributed by atoms with van der Waals surface area (Å²) in [6.07, 6.45) is 3.58. The Labute approximate surface area is 216 Å². The maximum Gasteiger partial charge on any atom is 0.254 e. The Bertz CT molecular complexity index is 1160. The van der Waals surface area contributed by atoms with Gasteiger partial charge in [-0.2, -0.15) is 0 Å². The van der Waals surface area contributed by atoms with E-state index in [1.54, 1.807) is 23.1 Å². The van der Waals surface area contributed by atoms with E-state index in [1.807, 2.05) is 17.0 Å². The van der Waals surface area contributed by atoms with E-state index < -0.39 is 5.82 Å². The topological polar surface area (TPSA) is 85.0 Å². The molecule has 5 rings (SSSR count). The molecule has 2 aromatic rings. The third kappa shape index (κ3) is 5.77. The van der Waals surface area contributed by atoms with Crippen LogP contribution in [-0.2, 0) is 4.79 Å². The fourth-order valence-electron chi connectivity index (χ4n) is 5.17. The Kier molecular flexibility index (Phi) is 7.69. The zero-order valence-corrected chi connectivity index (χ0v) is 21.0. The van der Waals surface area contributed by atoms with Crippen molar-refractivity contribution in [3.05, 3.63) is 59.4 Å². The monoisotopic (exact) mass is 507 g/mol. The smallest absolute Gasteiger partial charge is 0.254 e. The number of amides is 3. The SMILES string of the molecule is O=C(Nc1cc(C(=O)N2CCNCC2)ccc1N1CCCN(C(=O)c2cccc(F)c2)CC1)C1CCC1. The van der Waals surface area contributed by atoms with E-state index in [2.05, 4.69) is 15.5 Å². The van der Waals surface area contributed by atoms with E-state index >= 15 is 0 Å². The van der Waals surface area contributed by atoms with Crippen molar-refractivity contribution in [1.29, 1.82) is 0 Å². The molecule has 9 heteroatoms. The molecule has 2 N–H and O–H groups in total. The van der Waals surface area contributed by atoms with E-state index in [0.717, 1.165) is 44.5 Å². The highest BCUT2D eigenvalue weighted by Crippen LogP contribution is 2.32. The lowest BCUT2D eigenvalue weighted by Gasteiger charge is -2.30. The fraction of sp³-hybridized carbons (Fsp3) is 0.464. The van der Waals surface area contributed by atoms with Crippen LogP contribution in [0.25, 0.3) is 0 Å². The number of halogens is 1. The van der Waals surface area contributed by atoms with Gasteiger partial charge in [-0.1, -0.05) is 12.5 Å². The Morgan fingerprint density at radius 1 is 0.811 bits per heavy atom. The third-order valence-electron chi connectivity index (χ3n) is 7.58. The summed E-state index contributed by atoms with van der Waals surface area (Å²) in [5.74, 6) is -0.628. The Balaban J connectivity index is 1.35. The number of nitrogens with one attached hydrogen (secondary N) is 2. The van der Waals surface area contributed by atoms with Gasteiger partial charge in [0.2, 0.25) is 5.91 Å². The molecule has 0 aromatic heterocycles. The standard InChI is InChI=1S/C28H34FN5O3/c29-23-7-2-6-21(18-23)27(36)33-13-3-12-32(16-17-33)25-9-8-22(28(37)34-14-10-30-11-15-34)19-24(25)31-26(35)20-4-1-5-20/h2,6-9,18-20,30H,1,3-5,10-17H2,(H,31,35). The van der Waals surface area contributed by atoms with E-state index in [0.29, 0.717) is 56.1 Å². The minimum absolute atomic E-state index is 0.00278. The van der Waals surface area contributed by atoms with Crippen molar-refractivity contribution < 1.29 is 18.8 Å². The van der Waals surface area contributed by atoms with Gasteiger partial charge in [-0.05, 0) is 55.7 Å². The zero-order chi connectivity index (χ0) is 25.8. The van der Waals surface area contributed by atoms with E-state index in [9.17, 15) is 18.8 Å². The van der Waals surface area contributed by atoms with Gasteiger partial charge in [-0.25, -0.2) is 4.39 Å². The lowest BCUT2D eigenvalue weighted by Crippen LogP contribution is -2.46. The molecule has 3 aliphatic rings. The molecule has 1 saturated carbocycles. The molecule has 196 valence electrons. The van der Waals surface area contributed by atoms with Gasteiger partial charge in [-0.15, -0.1) is 0 Å². The predicted octanol–water partition coefficient (Wildman–Crippen LogP) is 2.96. The van der Waals surface area contributed by atoms with Crippen LogP contribution in [0, 0.1) is 11.7 Å². The van der Waals surface area contributed by atoms with Crippen molar-refractivity contribution >= 4 is 29.1 Å². The summed E-state index contributed by atoms with van der Waals surface area (Å²) in [4.78, 5) is 44.8. The van der Waals surface area contributed by atoms with Crippen LogP contribution in [0.5, 0.6) is 0 Å². The Hall–Kier alpha value is -3.46. The first-order valence-electron chi connectivity index (χ1n) is 13.2. The molecular weight excluding hydrogens is 473 g/mol. The first-order chi connectivity index (χ1) is 18.0. The molecule has 0 radical (unpaired) electrons. The van der Waals surface area contributed by atoms with Gasteiger partial charge in [0, 0.05) is 69.4 Å². The van der Waals surface area contributed by atoms with Crippen LogP contribution in [0.2, 0.25) is 0 Å². The molecule has 2 aliphatic heterocycles. The first-order valence-corrected chi connectivity index (χ1v) is 13.2. The van der Waals surface area contributed by atoms with Crippen LogP contribution in [0.1, 0.15) is 46.4 Å². The van der Waals surface area contributed by atoms with Crippen molar-refractivity contribution in [1.82, 2.24) is 15.1 Å². The average molecular weight is 508 g/mol. The molecule has 8 nitrogen and oxygen atoms in total. The number of nitrogens with zero attached hydrogens (tertiary/aromatic N) is 3. The molecule has 2 aromatic carbocycles. The summed E-state index contributed by atoms with van der Waals surface area (Å²) in [6.45, 7) is 5.17. The van der Waals surface area contributed by atoms with Crippen molar-refractivity contribution in [2.75, 3.05) is 62.6 Å². The van der Waals surface area contributed by atoms with Crippen molar-refractivity contribution in [3.8, 4) is 0 Å². The number of rotatable bonds is 5. The highest BCUT2D eigenvalue weighted by molar-refractivity contribution is 6.01. The van der Waals surface area contributed by atoms with Gasteiger partial charge >= 0.3 is 0 Å². The van der Waals surface area contributed by atoms with Crippen molar-refractivity contribution in [2.24, 2.45) is 5.92 Å². The van der Waals surface area contributed by atoms with Gasteiger partial charge < -0.3 is 25.3 Å². The van der Waals surface area contributed by atoms with Gasteiger partial charge in [0.15, 0.2) is 0 Å². The molecule has 0 unspecified atom stereocenters. The second-order valence-electron chi connectivity index (χ2n) is 10.0. The fourth-order valence-corrected chi connectivity index (χ4v) is 5.17. The highest BCUT2D eigenvalue weighted by Gasteiger charge is 2.28. The largest absolute Gasteiger partial charge is 0.368 e. The number of hydrogen-bond donors (Lipinski definition) is 2. The third-order valence-corrected chi connectivity index (χ3v) is 7.58. The lowest BCUT2D eigenvalue weighted by atomic mass is 9.85. The molecule has 37 heavy (non-hydrogen) atoms. The summed E-state index contributed by atoms with van der Waals surface area (Å²) in [7, 11) is 0. The predicted molar refractivity (Wildman–Crippen MR) is 140 cm³/mol. The molecule has 0 spiro atoms. The van der Waals surface area contributed by atoms with Crippen LogP contribution in [0.4, 0.5) is 15.8 Å². The average Bonchev–Trinajstić information content (AvgIpc) is 3.13. The van der Waals surface area contributed by atoms with Gasteiger partial charge in [-0.3, -0.25) is 14.4 Å². The van der Waals surface area contributed by atoms with Crippen LogP contribution < -0.4 is 15.5 Å².